The molecule has 0 unspecified atom stereocenters. The van der Waals surface area contributed by atoms with Gasteiger partial charge >= 0.3 is 0 Å². The maximum atomic E-state index is 12.8. The zero-order valence-corrected chi connectivity index (χ0v) is 12.2. The van der Waals surface area contributed by atoms with Gasteiger partial charge in [0, 0.05) is 41.3 Å². The molecule has 0 amide bonds. The summed E-state index contributed by atoms with van der Waals surface area (Å²) in [4.78, 5) is 12.8. The van der Waals surface area contributed by atoms with Gasteiger partial charge in [0.15, 0.2) is 0 Å². The van der Waals surface area contributed by atoms with Gasteiger partial charge in [0.25, 0.3) is 5.91 Å². The fraction of sp³-hybridized carbons (Fsp3) is 0.0556. The highest BCUT2D eigenvalue weighted by atomic mass is 16.2. The first-order valence-electron chi connectivity index (χ1n) is 7.10. The summed E-state index contributed by atoms with van der Waals surface area (Å²) in [6, 6.07) is 15.3. The monoisotopic (exact) mass is 289 g/mol. The van der Waals surface area contributed by atoms with E-state index in [4.69, 9.17) is 5.73 Å². The van der Waals surface area contributed by atoms with Crippen LogP contribution in [0, 0.1) is 0 Å². The molecular formula is C18H15N3O. The second-order valence-electron chi connectivity index (χ2n) is 5.48. The molecule has 0 saturated heterocycles. The largest absolute Gasteiger partial charge is 0.397 e. The van der Waals surface area contributed by atoms with Crippen molar-refractivity contribution < 1.29 is 4.79 Å². The minimum Gasteiger partial charge on any atom is -0.397 e. The van der Waals surface area contributed by atoms with Crippen LogP contribution in [0.5, 0.6) is 0 Å². The van der Waals surface area contributed by atoms with E-state index >= 15 is 0 Å². The lowest BCUT2D eigenvalue weighted by molar-refractivity contribution is 0.0965. The van der Waals surface area contributed by atoms with Gasteiger partial charge < -0.3 is 10.3 Å². The minimum absolute atomic E-state index is 0.0707. The Morgan fingerprint density at radius 1 is 1.00 bits per heavy atom. The lowest BCUT2D eigenvalue weighted by Crippen LogP contribution is -2.11. The number of fused-ring (bicyclic) bond motifs is 2. The van der Waals surface area contributed by atoms with E-state index in [9.17, 15) is 4.79 Å². The van der Waals surface area contributed by atoms with Crippen molar-refractivity contribution in [2.75, 3.05) is 5.73 Å². The van der Waals surface area contributed by atoms with Crippen molar-refractivity contribution in [1.29, 1.82) is 0 Å². The number of benzene rings is 2. The number of para-hydroxylation sites is 1. The Balaban J connectivity index is 1.88. The number of hydrogen-bond donors (Lipinski definition) is 1. The fourth-order valence-corrected chi connectivity index (χ4v) is 2.94. The van der Waals surface area contributed by atoms with E-state index in [0.717, 1.165) is 21.8 Å². The van der Waals surface area contributed by atoms with E-state index in [2.05, 4.69) is 0 Å². The Bertz CT molecular complexity index is 1020. The van der Waals surface area contributed by atoms with Crippen LogP contribution < -0.4 is 5.73 Å². The van der Waals surface area contributed by atoms with Gasteiger partial charge in [-0.1, -0.05) is 12.1 Å². The zero-order chi connectivity index (χ0) is 15.3. The van der Waals surface area contributed by atoms with Crippen LogP contribution in [0.25, 0.3) is 21.8 Å². The van der Waals surface area contributed by atoms with Crippen LogP contribution in [-0.2, 0) is 7.05 Å². The molecule has 0 saturated carbocycles. The van der Waals surface area contributed by atoms with Crippen LogP contribution in [0.3, 0.4) is 0 Å². The number of carbonyl (C=O) groups is 1. The second-order valence-corrected chi connectivity index (χ2v) is 5.48. The number of anilines is 1. The first-order valence-corrected chi connectivity index (χ1v) is 7.10. The molecule has 22 heavy (non-hydrogen) atoms. The summed E-state index contributed by atoms with van der Waals surface area (Å²) in [6.45, 7) is 0. The number of aryl methyl sites for hydroxylation is 1. The number of rotatable bonds is 1. The fourth-order valence-electron chi connectivity index (χ4n) is 2.94. The Kier molecular flexibility index (Phi) is 2.60. The van der Waals surface area contributed by atoms with Crippen molar-refractivity contribution in [3.63, 3.8) is 0 Å². The molecule has 0 spiro atoms. The van der Waals surface area contributed by atoms with E-state index in [1.807, 2.05) is 66.3 Å². The van der Waals surface area contributed by atoms with Gasteiger partial charge in [0.05, 0.1) is 11.2 Å². The average Bonchev–Trinajstić information content (AvgIpc) is 3.11. The van der Waals surface area contributed by atoms with Crippen molar-refractivity contribution in [3.8, 4) is 0 Å². The molecule has 2 aromatic heterocycles. The molecule has 4 rings (SSSR count). The molecule has 0 atom stereocenters. The quantitative estimate of drug-likeness (QED) is 0.546. The number of hydrogen-bond acceptors (Lipinski definition) is 2. The Morgan fingerprint density at radius 3 is 2.68 bits per heavy atom. The van der Waals surface area contributed by atoms with Gasteiger partial charge in [-0.05, 0) is 36.4 Å². The van der Waals surface area contributed by atoms with Crippen molar-refractivity contribution >= 4 is 33.4 Å². The maximum absolute atomic E-state index is 12.8. The molecule has 4 aromatic rings. The smallest absolute Gasteiger partial charge is 0.262 e. The van der Waals surface area contributed by atoms with Gasteiger partial charge in [-0.15, -0.1) is 0 Å². The average molecular weight is 289 g/mol. The van der Waals surface area contributed by atoms with Crippen molar-refractivity contribution in [3.05, 3.63) is 66.5 Å². The highest BCUT2D eigenvalue weighted by molar-refractivity contribution is 6.06. The van der Waals surface area contributed by atoms with Gasteiger partial charge in [-0.25, -0.2) is 0 Å². The van der Waals surface area contributed by atoms with Crippen molar-refractivity contribution in [2.45, 2.75) is 0 Å². The maximum Gasteiger partial charge on any atom is 0.262 e. The molecule has 2 aromatic carbocycles. The molecular weight excluding hydrogens is 274 g/mol. The molecule has 0 bridgehead atoms. The highest BCUT2D eigenvalue weighted by Crippen LogP contribution is 2.24. The van der Waals surface area contributed by atoms with Crippen LogP contribution in [-0.4, -0.2) is 15.0 Å². The number of carbonyl (C=O) groups excluding carboxylic acids is 1. The standard InChI is InChI=1S/C18H15N3O/c1-20-9-7-13-11-14(5-6-16(13)20)18(22)21-10-8-12-3-2-4-15(19)17(12)21/h2-11H,19H2,1H3. The van der Waals surface area contributed by atoms with Crippen LogP contribution in [0.4, 0.5) is 5.69 Å². The van der Waals surface area contributed by atoms with Gasteiger partial charge in [0.2, 0.25) is 0 Å². The summed E-state index contributed by atoms with van der Waals surface area (Å²) in [7, 11) is 1.99. The van der Waals surface area contributed by atoms with E-state index in [1.54, 1.807) is 10.8 Å². The summed E-state index contributed by atoms with van der Waals surface area (Å²) in [6.07, 6.45) is 3.76. The summed E-state index contributed by atoms with van der Waals surface area (Å²) in [5, 5.41) is 2.02. The number of nitrogen functional groups attached to an aromatic ring is 1. The van der Waals surface area contributed by atoms with Crippen LogP contribution >= 0.6 is 0 Å². The normalized spacial score (nSPS) is 11.3. The molecule has 0 fully saturated rings. The predicted octanol–water partition coefficient (Wildman–Crippen LogP) is 3.40. The molecule has 0 radical (unpaired) electrons. The lowest BCUT2D eigenvalue weighted by Gasteiger charge is -2.07. The SMILES string of the molecule is Cn1ccc2cc(C(=O)n3ccc4cccc(N)c43)ccc21. The Labute approximate surface area is 127 Å². The minimum atomic E-state index is -0.0707. The number of nitrogens with zero attached hydrogens (tertiary/aromatic N) is 2. The molecule has 2 N–H and O–H groups in total. The lowest BCUT2D eigenvalue weighted by atomic mass is 10.1. The topological polar surface area (TPSA) is 53.0 Å². The molecule has 2 heterocycles. The van der Waals surface area contributed by atoms with Crippen LogP contribution in [0.2, 0.25) is 0 Å². The summed E-state index contributed by atoms with van der Waals surface area (Å²) < 4.78 is 3.65. The highest BCUT2D eigenvalue weighted by Gasteiger charge is 2.14. The Hall–Kier alpha value is -3.01. The Morgan fingerprint density at radius 2 is 1.82 bits per heavy atom. The third-order valence-electron chi connectivity index (χ3n) is 4.09. The number of aromatic nitrogens is 2. The first-order chi connectivity index (χ1) is 10.6. The molecule has 108 valence electrons. The van der Waals surface area contributed by atoms with E-state index in [0.29, 0.717) is 11.3 Å². The summed E-state index contributed by atoms with van der Waals surface area (Å²) in [5.41, 5.74) is 9.16. The molecule has 4 nitrogen and oxygen atoms in total. The van der Waals surface area contributed by atoms with Crippen molar-refractivity contribution in [1.82, 2.24) is 9.13 Å². The second kappa shape index (κ2) is 4.49. The van der Waals surface area contributed by atoms with E-state index in [-0.39, 0.29) is 5.91 Å². The molecule has 0 aliphatic carbocycles. The van der Waals surface area contributed by atoms with E-state index in [1.165, 1.54) is 0 Å². The van der Waals surface area contributed by atoms with Gasteiger partial charge in [0.1, 0.15) is 0 Å². The number of nitrogens with two attached hydrogens (primary N) is 1. The summed E-state index contributed by atoms with van der Waals surface area (Å²) >= 11 is 0. The molecule has 4 heteroatoms. The predicted molar refractivity (Wildman–Crippen MR) is 89.0 cm³/mol. The molecule has 0 aliphatic heterocycles. The van der Waals surface area contributed by atoms with Crippen LogP contribution in [0.15, 0.2) is 60.9 Å². The zero-order valence-electron chi connectivity index (χ0n) is 12.2. The van der Waals surface area contributed by atoms with Crippen LogP contribution in [0.1, 0.15) is 10.4 Å². The summed E-state index contributed by atoms with van der Waals surface area (Å²) in [5.74, 6) is -0.0707. The third kappa shape index (κ3) is 1.74. The third-order valence-corrected chi connectivity index (χ3v) is 4.09. The van der Waals surface area contributed by atoms with Crippen molar-refractivity contribution in [2.24, 2.45) is 7.05 Å². The molecule has 0 aliphatic rings. The van der Waals surface area contributed by atoms with E-state index < -0.39 is 0 Å². The first kappa shape index (κ1) is 12.7. The van der Waals surface area contributed by atoms with Gasteiger partial charge in [-0.2, -0.15) is 0 Å². The van der Waals surface area contributed by atoms with Gasteiger partial charge in [-0.3, -0.25) is 9.36 Å².